The molecule has 2 N–H and O–H groups in total. The Bertz CT molecular complexity index is 546. The Hall–Kier alpha value is -1.91. The summed E-state index contributed by atoms with van der Waals surface area (Å²) in [5.74, 6) is -1.92. The van der Waals surface area contributed by atoms with Crippen molar-refractivity contribution in [2.24, 2.45) is 11.8 Å². The van der Waals surface area contributed by atoms with E-state index in [9.17, 15) is 14.0 Å². The fourth-order valence-corrected chi connectivity index (χ4v) is 2.96. The van der Waals surface area contributed by atoms with Gasteiger partial charge in [0.05, 0.1) is 5.92 Å². The highest BCUT2D eigenvalue weighted by Gasteiger charge is 2.34. The molecule has 0 spiro atoms. The van der Waals surface area contributed by atoms with Crippen LogP contribution >= 0.6 is 0 Å². The minimum atomic E-state index is -0.838. The quantitative estimate of drug-likeness (QED) is 0.849. The molecule has 1 amide bonds. The van der Waals surface area contributed by atoms with Gasteiger partial charge in [0.15, 0.2) is 0 Å². The van der Waals surface area contributed by atoms with Crippen LogP contribution in [0.3, 0.4) is 0 Å². The summed E-state index contributed by atoms with van der Waals surface area (Å²) in [4.78, 5) is 23.3. The Labute approximate surface area is 129 Å². The van der Waals surface area contributed by atoms with Gasteiger partial charge in [0.2, 0.25) is 5.91 Å². The Kier molecular flexibility index (Phi) is 5.52. The molecule has 22 heavy (non-hydrogen) atoms. The van der Waals surface area contributed by atoms with Crippen molar-refractivity contribution in [3.63, 3.8) is 0 Å². The molecule has 2 rings (SSSR count). The smallest absolute Gasteiger partial charge is 0.308 e. The highest BCUT2D eigenvalue weighted by molar-refractivity contribution is 5.80. The SMILES string of the molecule is CC(CCc1cccc(F)c1)C(=O)N[C@@H]1CCC[C@@H]1C(=O)O. The molecule has 0 bridgehead atoms. The van der Waals surface area contributed by atoms with Gasteiger partial charge in [0, 0.05) is 12.0 Å². The average Bonchev–Trinajstić information content (AvgIpc) is 2.93. The normalized spacial score (nSPS) is 22.3. The zero-order valence-corrected chi connectivity index (χ0v) is 12.7. The first kappa shape index (κ1) is 16.5. The molecule has 0 aliphatic heterocycles. The van der Waals surface area contributed by atoms with Crippen LogP contribution in [0.1, 0.15) is 38.2 Å². The molecule has 120 valence electrons. The first-order valence-electron chi connectivity index (χ1n) is 7.75. The number of carbonyl (C=O) groups is 2. The molecule has 0 saturated heterocycles. The van der Waals surface area contributed by atoms with Crippen LogP contribution in [-0.2, 0) is 16.0 Å². The minimum absolute atomic E-state index is 0.116. The van der Waals surface area contributed by atoms with Crippen LogP contribution in [0.4, 0.5) is 4.39 Å². The van der Waals surface area contributed by atoms with E-state index in [0.717, 1.165) is 18.4 Å². The summed E-state index contributed by atoms with van der Waals surface area (Å²) >= 11 is 0. The number of aryl methyl sites for hydroxylation is 1. The fraction of sp³-hybridized carbons (Fsp3) is 0.529. The number of carbonyl (C=O) groups excluding carboxylic acids is 1. The summed E-state index contributed by atoms with van der Waals surface area (Å²) in [6, 6.07) is 6.10. The lowest BCUT2D eigenvalue weighted by Gasteiger charge is -2.20. The van der Waals surface area contributed by atoms with E-state index in [1.54, 1.807) is 6.07 Å². The molecule has 1 fully saturated rings. The van der Waals surface area contributed by atoms with Crippen molar-refractivity contribution in [2.75, 3.05) is 0 Å². The number of carboxylic acids is 1. The Morgan fingerprint density at radius 2 is 2.18 bits per heavy atom. The van der Waals surface area contributed by atoms with Gasteiger partial charge in [0.1, 0.15) is 5.82 Å². The van der Waals surface area contributed by atoms with E-state index in [1.165, 1.54) is 12.1 Å². The third-order valence-electron chi connectivity index (χ3n) is 4.36. The molecule has 1 aliphatic rings. The average molecular weight is 307 g/mol. The summed E-state index contributed by atoms with van der Waals surface area (Å²) in [5.41, 5.74) is 0.865. The van der Waals surface area contributed by atoms with E-state index in [4.69, 9.17) is 5.11 Å². The Morgan fingerprint density at radius 3 is 2.86 bits per heavy atom. The van der Waals surface area contributed by atoms with Gasteiger partial charge in [-0.25, -0.2) is 4.39 Å². The predicted molar refractivity (Wildman–Crippen MR) is 80.8 cm³/mol. The lowest BCUT2D eigenvalue weighted by molar-refractivity contribution is -0.142. The maximum Gasteiger partial charge on any atom is 0.308 e. The van der Waals surface area contributed by atoms with Crippen LogP contribution < -0.4 is 5.32 Å². The van der Waals surface area contributed by atoms with Gasteiger partial charge in [-0.3, -0.25) is 9.59 Å². The molecule has 4 nitrogen and oxygen atoms in total. The van der Waals surface area contributed by atoms with Crippen LogP contribution in [0.25, 0.3) is 0 Å². The zero-order valence-electron chi connectivity index (χ0n) is 12.7. The van der Waals surface area contributed by atoms with Gasteiger partial charge in [-0.2, -0.15) is 0 Å². The Morgan fingerprint density at radius 1 is 1.41 bits per heavy atom. The largest absolute Gasteiger partial charge is 0.481 e. The molecule has 0 heterocycles. The first-order valence-corrected chi connectivity index (χ1v) is 7.75. The third-order valence-corrected chi connectivity index (χ3v) is 4.36. The predicted octanol–water partition coefficient (Wildman–Crippen LogP) is 2.76. The van der Waals surface area contributed by atoms with E-state index >= 15 is 0 Å². The summed E-state index contributed by atoms with van der Waals surface area (Å²) < 4.78 is 13.1. The number of hydrogen-bond donors (Lipinski definition) is 2. The number of halogens is 1. The number of amides is 1. The van der Waals surface area contributed by atoms with Gasteiger partial charge >= 0.3 is 5.97 Å². The lowest BCUT2D eigenvalue weighted by atomic mass is 9.98. The van der Waals surface area contributed by atoms with E-state index in [-0.39, 0.29) is 23.7 Å². The van der Waals surface area contributed by atoms with Gasteiger partial charge < -0.3 is 10.4 Å². The van der Waals surface area contributed by atoms with Crippen molar-refractivity contribution in [3.8, 4) is 0 Å². The maximum absolute atomic E-state index is 13.1. The zero-order chi connectivity index (χ0) is 16.1. The molecule has 5 heteroatoms. The summed E-state index contributed by atoms with van der Waals surface area (Å²) in [6.07, 6.45) is 3.41. The van der Waals surface area contributed by atoms with Crippen molar-refractivity contribution in [1.82, 2.24) is 5.32 Å². The molecular formula is C17H22FNO3. The van der Waals surface area contributed by atoms with Crippen molar-refractivity contribution < 1.29 is 19.1 Å². The van der Waals surface area contributed by atoms with Crippen LogP contribution in [0.5, 0.6) is 0 Å². The summed E-state index contributed by atoms with van der Waals surface area (Å²) in [5, 5.41) is 12.0. The molecule has 3 atom stereocenters. The summed E-state index contributed by atoms with van der Waals surface area (Å²) in [7, 11) is 0. The minimum Gasteiger partial charge on any atom is -0.481 e. The second-order valence-corrected chi connectivity index (χ2v) is 6.06. The van der Waals surface area contributed by atoms with Gasteiger partial charge in [-0.15, -0.1) is 0 Å². The number of carboxylic acid groups (broad SMARTS) is 1. The van der Waals surface area contributed by atoms with Crippen LogP contribution in [0.15, 0.2) is 24.3 Å². The van der Waals surface area contributed by atoms with E-state index in [1.807, 2.05) is 13.0 Å². The van der Waals surface area contributed by atoms with Crippen molar-refractivity contribution in [3.05, 3.63) is 35.6 Å². The fourth-order valence-electron chi connectivity index (χ4n) is 2.96. The summed E-state index contributed by atoms with van der Waals surface area (Å²) in [6.45, 7) is 1.82. The van der Waals surface area contributed by atoms with Crippen LogP contribution in [0, 0.1) is 17.7 Å². The van der Waals surface area contributed by atoms with Gasteiger partial charge in [-0.1, -0.05) is 25.5 Å². The standard InChI is InChI=1S/C17H22FNO3/c1-11(8-9-12-4-2-5-13(18)10-12)16(20)19-15-7-3-6-14(15)17(21)22/h2,4-5,10-11,14-15H,3,6-9H2,1H3,(H,19,20)(H,21,22)/t11?,14-,15+/m0/s1. The van der Waals surface area contributed by atoms with Gasteiger partial charge in [0.25, 0.3) is 0 Å². The molecule has 0 aromatic heterocycles. The number of aliphatic carboxylic acids is 1. The second-order valence-electron chi connectivity index (χ2n) is 6.06. The number of nitrogens with one attached hydrogen (secondary N) is 1. The number of benzene rings is 1. The van der Waals surface area contributed by atoms with E-state index < -0.39 is 11.9 Å². The highest BCUT2D eigenvalue weighted by Crippen LogP contribution is 2.26. The first-order chi connectivity index (χ1) is 10.5. The van der Waals surface area contributed by atoms with Crippen molar-refractivity contribution in [1.29, 1.82) is 0 Å². The molecule has 1 aromatic carbocycles. The van der Waals surface area contributed by atoms with E-state index in [2.05, 4.69) is 5.32 Å². The molecule has 1 saturated carbocycles. The molecule has 1 aromatic rings. The second kappa shape index (κ2) is 7.38. The topological polar surface area (TPSA) is 66.4 Å². The molecular weight excluding hydrogens is 285 g/mol. The van der Waals surface area contributed by atoms with Crippen LogP contribution in [0.2, 0.25) is 0 Å². The van der Waals surface area contributed by atoms with Gasteiger partial charge in [-0.05, 0) is 43.4 Å². The molecule has 1 unspecified atom stereocenters. The highest BCUT2D eigenvalue weighted by atomic mass is 19.1. The Balaban J connectivity index is 1.83. The number of hydrogen-bond acceptors (Lipinski definition) is 2. The lowest BCUT2D eigenvalue weighted by Crippen LogP contribution is -2.42. The van der Waals surface area contributed by atoms with E-state index in [0.29, 0.717) is 19.3 Å². The maximum atomic E-state index is 13.1. The molecule has 1 aliphatic carbocycles. The monoisotopic (exact) mass is 307 g/mol. The third kappa shape index (κ3) is 4.29. The van der Waals surface area contributed by atoms with Crippen molar-refractivity contribution in [2.45, 2.75) is 45.1 Å². The number of rotatable bonds is 6. The van der Waals surface area contributed by atoms with Crippen molar-refractivity contribution >= 4 is 11.9 Å². The molecule has 0 radical (unpaired) electrons. The van der Waals surface area contributed by atoms with Crippen LogP contribution in [-0.4, -0.2) is 23.0 Å².